The van der Waals surface area contributed by atoms with Crippen LogP contribution in [0.4, 0.5) is 0 Å². The first-order valence-electron chi connectivity index (χ1n) is 6.20. The fraction of sp³-hybridized carbons (Fsp3) is 0.143. The monoisotopic (exact) mass is 304 g/mol. The van der Waals surface area contributed by atoms with Gasteiger partial charge >= 0.3 is 0 Å². The number of hydrogen-bond donors (Lipinski definition) is 0. The molecule has 21 heavy (non-hydrogen) atoms. The fourth-order valence-corrected chi connectivity index (χ4v) is 2.82. The van der Waals surface area contributed by atoms with Gasteiger partial charge in [-0.3, -0.25) is 9.59 Å². The molecule has 0 N–H and O–H groups in total. The fourth-order valence-electron chi connectivity index (χ4n) is 2.55. The second-order valence-corrected chi connectivity index (χ2v) is 5.19. The molecule has 3 rings (SSSR count). The topological polar surface area (TPSA) is 86.7 Å². The van der Waals surface area contributed by atoms with Crippen LogP contribution in [0.25, 0.3) is 10.8 Å². The Morgan fingerprint density at radius 1 is 1.14 bits per heavy atom. The lowest BCUT2D eigenvalue weighted by atomic mass is 9.92. The van der Waals surface area contributed by atoms with Gasteiger partial charge in [0.15, 0.2) is 0 Å². The van der Waals surface area contributed by atoms with E-state index in [1.165, 1.54) is 0 Å². The second-order valence-electron chi connectivity index (χ2n) is 4.63. The standard InChI is InChI=1S/C14H11NO5S/c16-13-8-12(14(17)15(13)20-21(18)19)11-7-3-5-9-4-1-2-6-10(9)11/h1-7,12H,8H2,(H,18,19)/p-1. The van der Waals surface area contributed by atoms with Gasteiger partial charge in [-0.05, 0) is 16.3 Å². The van der Waals surface area contributed by atoms with Gasteiger partial charge in [0.25, 0.3) is 11.8 Å². The zero-order valence-electron chi connectivity index (χ0n) is 10.7. The van der Waals surface area contributed by atoms with Gasteiger partial charge in [-0.25, -0.2) is 4.21 Å². The van der Waals surface area contributed by atoms with Crippen LogP contribution in [0.2, 0.25) is 0 Å². The average molecular weight is 304 g/mol. The summed E-state index contributed by atoms with van der Waals surface area (Å²) in [6.45, 7) is 0. The van der Waals surface area contributed by atoms with E-state index in [0.717, 1.165) is 10.8 Å². The lowest BCUT2D eigenvalue weighted by Crippen LogP contribution is -2.31. The van der Waals surface area contributed by atoms with Gasteiger partial charge in [0.2, 0.25) is 0 Å². The highest BCUT2D eigenvalue weighted by molar-refractivity contribution is 7.74. The van der Waals surface area contributed by atoms with Crippen molar-refractivity contribution in [2.75, 3.05) is 0 Å². The van der Waals surface area contributed by atoms with Gasteiger partial charge in [0.05, 0.1) is 5.92 Å². The number of carbonyl (C=O) groups excluding carboxylic acids is 2. The number of amides is 2. The molecule has 2 unspecified atom stereocenters. The largest absolute Gasteiger partial charge is 0.748 e. The van der Waals surface area contributed by atoms with Gasteiger partial charge in [0, 0.05) is 6.42 Å². The van der Waals surface area contributed by atoms with Crippen LogP contribution in [0.3, 0.4) is 0 Å². The van der Waals surface area contributed by atoms with E-state index in [-0.39, 0.29) is 6.42 Å². The van der Waals surface area contributed by atoms with Crippen LogP contribution in [0.5, 0.6) is 0 Å². The van der Waals surface area contributed by atoms with Crippen molar-refractivity contribution in [3.05, 3.63) is 48.0 Å². The molecule has 0 radical (unpaired) electrons. The third kappa shape index (κ3) is 2.46. The molecule has 2 atom stereocenters. The van der Waals surface area contributed by atoms with Gasteiger partial charge in [-0.15, -0.1) is 5.06 Å². The summed E-state index contributed by atoms with van der Waals surface area (Å²) in [5.41, 5.74) is 0.689. The highest BCUT2D eigenvalue weighted by atomic mass is 32.2. The van der Waals surface area contributed by atoms with Crippen LogP contribution < -0.4 is 0 Å². The SMILES string of the molecule is O=C1CC(c2cccc3ccccc23)C(=O)N1OS(=O)[O-]. The molecule has 6 nitrogen and oxygen atoms in total. The van der Waals surface area contributed by atoms with Crippen molar-refractivity contribution < 1.29 is 22.6 Å². The maximum absolute atomic E-state index is 12.2. The number of fused-ring (bicyclic) bond motifs is 1. The summed E-state index contributed by atoms with van der Waals surface area (Å²) in [7, 11) is 0. The molecule has 7 heteroatoms. The van der Waals surface area contributed by atoms with Crippen molar-refractivity contribution in [1.29, 1.82) is 0 Å². The molecule has 1 aliphatic heterocycles. The van der Waals surface area contributed by atoms with Crippen molar-refractivity contribution >= 4 is 33.9 Å². The van der Waals surface area contributed by atoms with Crippen LogP contribution in [0.1, 0.15) is 17.9 Å². The lowest BCUT2D eigenvalue weighted by Gasteiger charge is -2.15. The number of hydrogen-bond acceptors (Lipinski definition) is 5. The smallest absolute Gasteiger partial charge is 0.262 e. The molecule has 0 spiro atoms. The Hall–Kier alpha value is -2.09. The molecule has 1 heterocycles. The first-order valence-corrected chi connectivity index (χ1v) is 7.20. The molecule has 1 aliphatic rings. The van der Waals surface area contributed by atoms with E-state index in [0.29, 0.717) is 10.6 Å². The molecular weight excluding hydrogens is 294 g/mol. The molecule has 2 aromatic rings. The molecule has 108 valence electrons. The third-order valence-electron chi connectivity index (χ3n) is 3.44. The second kappa shape index (κ2) is 5.36. The van der Waals surface area contributed by atoms with Crippen LogP contribution in [0, 0.1) is 0 Å². The van der Waals surface area contributed by atoms with Crippen molar-refractivity contribution in [1.82, 2.24) is 5.06 Å². The van der Waals surface area contributed by atoms with Crippen LogP contribution >= 0.6 is 0 Å². The molecule has 0 aromatic heterocycles. The number of imide groups is 1. The van der Waals surface area contributed by atoms with Gasteiger partial charge in [0.1, 0.15) is 11.4 Å². The molecule has 1 fully saturated rings. The van der Waals surface area contributed by atoms with Crippen LogP contribution in [0.15, 0.2) is 42.5 Å². The number of rotatable bonds is 3. The molecule has 2 aromatic carbocycles. The first-order chi connectivity index (χ1) is 10.1. The molecule has 0 aliphatic carbocycles. The third-order valence-corrected chi connectivity index (χ3v) is 3.71. The van der Waals surface area contributed by atoms with Gasteiger partial charge < -0.3 is 4.55 Å². The van der Waals surface area contributed by atoms with E-state index >= 15 is 0 Å². The lowest BCUT2D eigenvalue weighted by molar-refractivity contribution is -0.164. The van der Waals surface area contributed by atoms with E-state index in [1.807, 2.05) is 30.3 Å². The summed E-state index contributed by atoms with van der Waals surface area (Å²) in [6.07, 6.45) is -0.107. The van der Waals surface area contributed by atoms with Crippen molar-refractivity contribution in [3.63, 3.8) is 0 Å². The normalized spacial score (nSPS) is 20.2. The summed E-state index contributed by atoms with van der Waals surface area (Å²) in [5, 5.41) is 2.12. The number of carbonyl (C=O) groups is 2. The minimum atomic E-state index is -2.96. The van der Waals surface area contributed by atoms with E-state index in [4.69, 9.17) is 0 Å². The Balaban J connectivity index is 2.02. The van der Waals surface area contributed by atoms with Crippen LogP contribution in [-0.2, 0) is 25.2 Å². The number of hydroxylamine groups is 2. The van der Waals surface area contributed by atoms with E-state index in [9.17, 15) is 18.4 Å². The van der Waals surface area contributed by atoms with Gasteiger partial charge in [-0.1, -0.05) is 42.5 Å². The Morgan fingerprint density at radius 2 is 1.86 bits per heavy atom. The molecule has 1 saturated heterocycles. The highest BCUT2D eigenvalue weighted by Crippen LogP contribution is 2.34. The molecule has 0 bridgehead atoms. The molecular formula is C14H10NO5S-. The minimum absolute atomic E-state index is 0.107. The summed E-state index contributed by atoms with van der Waals surface area (Å²) < 4.78 is 25.3. The minimum Gasteiger partial charge on any atom is -0.748 e. The van der Waals surface area contributed by atoms with Gasteiger partial charge in [-0.2, -0.15) is 4.28 Å². The van der Waals surface area contributed by atoms with Crippen molar-refractivity contribution in [3.8, 4) is 0 Å². The predicted octanol–water partition coefficient (Wildman–Crippen LogP) is 1.41. The number of nitrogens with zero attached hydrogens (tertiary/aromatic N) is 1. The molecule has 0 saturated carbocycles. The quantitative estimate of drug-likeness (QED) is 0.632. The predicted molar refractivity (Wildman–Crippen MR) is 73.2 cm³/mol. The summed E-state index contributed by atoms with van der Waals surface area (Å²) in [5.74, 6) is -2.06. The maximum Gasteiger partial charge on any atom is 0.262 e. The first kappa shape index (κ1) is 13.9. The Kier molecular flexibility index (Phi) is 3.54. The van der Waals surface area contributed by atoms with Crippen LogP contribution in [-0.4, -0.2) is 25.6 Å². The van der Waals surface area contributed by atoms with Crippen molar-refractivity contribution in [2.45, 2.75) is 12.3 Å². The maximum atomic E-state index is 12.2. The van der Waals surface area contributed by atoms with E-state index < -0.39 is 29.1 Å². The average Bonchev–Trinajstić information content (AvgIpc) is 2.74. The van der Waals surface area contributed by atoms with Crippen molar-refractivity contribution in [2.24, 2.45) is 0 Å². The summed E-state index contributed by atoms with van der Waals surface area (Å²) in [4.78, 5) is 23.9. The Labute approximate surface area is 122 Å². The zero-order chi connectivity index (χ0) is 15.0. The Morgan fingerprint density at radius 3 is 2.62 bits per heavy atom. The zero-order valence-corrected chi connectivity index (χ0v) is 11.5. The van der Waals surface area contributed by atoms with E-state index in [1.54, 1.807) is 12.1 Å². The summed E-state index contributed by atoms with van der Waals surface area (Å²) >= 11 is -2.96. The summed E-state index contributed by atoms with van der Waals surface area (Å²) in [6, 6.07) is 12.9. The molecule has 2 amide bonds. The highest BCUT2D eigenvalue weighted by Gasteiger charge is 2.41. The number of benzene rings is 2. The van der Waals surface area contributed by atoms with E-state index in [2.05, 4.69) is 4.28 Å². The Bertz CT molecular complexity index is 755.